The van der Waals surface area contributed by atoms with Gasteiger partial charge >= 0.3 is 0 Å². The van der Waals surface area contributed by atoms with E-state index in [4.69, 9.17) is 4.84 Å². The van der Waals surface area contributed by atoms with Crippen molar-refractivity contribution in [1.82, 2.24) is 9.63 Å². The van der Waals surface area contributed by atoms with Crippen LogP contribution in [0.4, 0.5) is 5.69 Å². The summed E-state index contributed by atoms with van der Waals surface area (Å²) in [4.78, 5) is 17.4. The van der Waals surface area contributed by atoms with E-state index in [1.165, 1.54) is 5.56 Å². The van der Waals surface area contributed by atoms with Gasteiger partial charge in [-0.2, -0.15) is 5.06 Å². The van der Waals surface area contributed by atoms with E-state index < -0.39 is 0 Å². The van der Waals surface area contributed by atoms with Gasteiger partial charge in [0.2, 0.25) is 0 Å². The first-order valence-electron chi connectivity index (χ1n) is 9.72. The Morgan fingerprint density at radius 2 is 1.69 bits per heavy atom. The average molecular weight is 394 g/mol. The van der Waals surface area contributed by atoms with Gasteiger partial charge in [0.15, 0.2) is 0 Å². The first-order chi connectivity index (χ1) is 13.8. The number of para-hydroxylation sites is 1. The maximum absolute atomic E-state index is 12.6. The first-order valence-corrected chi connectivity index (χ1v) is 9.72. The number of nitrogens with one attached hydrogen (secondary N) is 1. The van der Waals surface area contributed by atoms with Crippen molar-refractivity contribution in [2.45, 2.75) is 20.8 Å². The molecule has 29 heavy (non-hydrogen) atoms. The number of carbonyl (C=O) groups excluding carboxylic acids is 1. The van der Waals surface area contributed by atoms with Crippen molar-refractivity contribution in [3.05, 3.63) is 77.6 Å². The highest BCUT2D eigenvalue weighted by Gasteiger charge is 2.13. The van der Waals surface area contributed by atoms with Crippen molar-refractivity contribution in [3.8, 4) is 11.1 Å². The maximum atomic E-state index is 12.6. The first kappa shape index (κ1) is 22.4. The monoisotopic (exact) mass is 393 g/mol. The number of nitrogens with zero attached hydrogens (tertiary/aromatic N) is 2. The Labute approximate surface area is 173 Å². The molecule has 1 amide bonds. The molecule has 3 rings (SSSR count). The van der Waals surface area contributed by atoms with Crippen LogP contribution in [0.3, 0.4) is 0 Å². The lowest BCUT2D eigenvalue weighted by molar-refractivity contribution is -0.113. The highest BCUT2D eigenvalue weighted by molar-refractivity contribution is 6.07. The number of rotatable bonds is 5. The van der Waals surface area contributed by atoms with Gasteiger partial charge in [0.1, 0.15) is 0 Å². The van der Waals surface area contributed by atoms with E-state index in [0.717, 1.165) is 29.0 Å². The second-order valence-corrected chi connectivity index (χ2v) is 7.12. The minimum atomic E-state index is -0.0809. The van der Waals surface area contributed by atoms with E-state index in [9.17, 15) is 4.79 Å². The fourth-order valence-electron chi connectivity index (χ4n) is 2.98. The van der Waals surface area contributed by atoms with E-state index in [0.29, 0.717) is 5.56 Å². The molecule has 1 aromatic heterocycles. The summed E-state index contributed by atoms with van der Waals surface area (Å²) in [6, 6.07) is 16.2. The van der Waals surface area contributed by atoms with Gasteiger partial charge < -0.3 is 9.88 Å². The summed E-state index contributed by atoms with van der Waals surface area (Å²) < 4.78 is 1.90. The maximum Gasteiger partial charge on any atom is 0.257 e. The molecule has 0 radical (unpaired) electrons. The van der Waals surface area contributed by atoms with Gasteiger partial charge in [-0.05, 0) is 38.0 Å². The normalized spacial score (nSPS) is 10.4. The third-order valence-corrected chi connectivity index (χ3v) is 4.32. The Morgan fingerprint density at radius 1 is 1.03 bits per heavy atom. The van der Waals surface area contributed by atoms with Crippen LogP contribution in [0.5, 0.6) is 0 Å². The Morgan fingerprint density at radius 3 is 2.21 bits per heavy atom. The smallest absolute Gasteiger partial charge is 0.257 e. The number of hydrogen-bond donors (Lipinski definition) is 1. The van der Waals surface area contributed by atoms with Gasteiger partial charge in [0.05, 0.1) is 12.2 Å². The van der Waals surface area contributed by atoms with Crippen LogP contribution >= 0.6 is 0 Å². The topological polar surface area (TPSA) is 46.5 Å². The molecule has 0 aliphatic heterocycles. The van der Waals surface area contributed by atoms with Crippen molar-refractivity contribution in [1.29, 1.82) is 0 Å². The van der Waals surface area contributed by atoms with Crippen molar-refractivity contribution in [2.24, 2.45) is 7.05 Å². The van der Waals surface area contributed by atoms with E-state index >= 15 is 0 Å². The molecule has 154 valence electrons. The molecule has 0 bridgehead atoms. The number of aromatic nitrogens is 1. The Kier molecular flexibility index (Phi) is 8.19. The second kappa shape index (κ2) is 10.6. The van der Waals surface area contributed by atoms with Crippen LogP contribution in [0, 0.1) is 13.8 Å². The largest absolute Gasteiger partial charge is 0.356 e. The second-order valence-electron chi connectivity index (χ2n) is 7.12. The molecule has 1 N–H and O–H groups in total. The molecule has 0 fully saturated rings. The highest BCUT2D eigenvalue weighted by Crippen LogP contribution is 2.28. The number of benzene rings is 2. The number of amides is 1. The molecule has 0 unspecified atom stereocenters. The van der Waals surface area contributed by atoms with Crippen LogP contribution < -0.4 is 5.32 Å². The lowest BCUT2D eigenvalue weighted by atomic mass is 10.0. The lowest BCUT2D eigenvalue weighted by Crippen LogP contribution is -2.13. The van der Waals surface area contributed by atoms with Gasteiger partial charge in [0.25, 0.3) is 5.91 Å². The minimum absolute atomic E-state index is 0.0809. The number of hydroxylamine groups is 2. The molecule has 0 aliphatic carbocycles. The summed E-state index contributed by atoms with van der Waals surface area (Å²) in [5.41, 5.74) is 5.83. The third-order valence-electron chi connectivity index (χ3n) is 4.32. The summed E-state index contributed by atoms with van der Waals surface area (Å²) in [5, 5.41) is 4.72. The summed E-state index contributed by atoms with van der Waals surface area (Å²) in [5.74, 6) is -0.0809. The van der Waals surface area contributed by atoms with Gasteiger partial charge in [-0.3, -0.25) is 9.63 Å². The fourth-order valence-corrected chi connectivity index (χ4v) is 2.98. The number of aryl methyl sites for hydroxylation is 3. The predicted octanol–water partition coefficient (Wildman–Crippen LogP) is 5.06. The van der Waals surface area contributed by atoms with Crippen LogP contribution in [0.15, 0.2) is 60.9 Å². The van der Waals surface area contributed by atoms with E-state index in [1.807, 2.05) is 76.2 Å². The SMILES string of the molecule is CCON(C)C.Cc1ccc(-c2ccccc2NC(=O)c2cn(C)cc2C)cc1. The van der Waals surface area contributed by atoms with Crippen LogP contribution in [0.2, 0.25) is 0 Å². The van der Waals surface area contributed by atoms with Gasteiger partial charge in [0, 0.05) is 44.8 Å². The van der Waals surface area contributed by atoms with Crippen molar-refractivity contribution < 1.29 is 9.63 Å². The number of carbonyl (C=O) groups is 1. The minimum Gasteiger partial charge on any atom is -0.356 e. The Balaban J connectivity index is 0.000000438. The summed E-state index contributed by atoms with van der Waals surface area (Å²) >= 11 is 0. The van der Waals surface area contributed by atoms with E-state index in [-0.39, 0.29) is 5.91 Å². The third kappa shape index (κ3) is 6.59. The van der Waals surface area contributed by atoms with Gasteiger partial charge in [-0.1, -0.05) is 48.0 Å². The van der Waals surface area contributed by atoms with E-state index in [2.05, 4.69) is 36.5 Å². The number of hydrogen-bond acceptors (Lipinski definition) is 3. The lowest BCUT2D eigenvalue weighted by Gasteiger charge is -2.11. The molecule has 2 aromatic carbocycles. The Bertz CT molecular complexity index is 928. The van der Waals surface area contributed by atoms with Crippen LogP contribution in [-0.2, 0) is 11.9 Å². The quantitative estimate of drug-likeness (QED) is 0.616. The molecule has 5 heteroatoms. The summed E-state index contributed by atoms with van der Waals surface area (Å²) in [6.07, 6.45) is 3.79. The zero-order chi connectivity index (χ0) is 21.4. The van der Waals surface area contributed by atoms with E-state index in [1.54, 1.807) is 5.06 Å². The van der Waals surface area contributed by atoms with Crippen molar-refractivity contribution >= 4 is 11.6 Å². The zero-order valence-corrected chi connectivity index (χ0v) is 18.2. The molecular formula is C24H31N3O2. The molecule has 3 aromatic rings. The molecule has 0 spiro atoms. The average Bonchev–Trinajstić information content (AvgIpc) is 3.02. The zero-order valence-electron chi connectivity index (χ0n) is 18.2. The molecule has 0 saturated heterocycles. The van der Waals surface area contributed by atoms with Crippen molar-refractivity contribution in [3.63, 3.8) is 0 Å². The molecule has 1 heterocycles. The summed E-state index contributed by atoms with van der Waals surface area (Å²) in [6.45, 7) is 6.73. The fraction of sp³-hybridized carbons (Fsp3) is 0.292. The van der Waals surface area contributed by atoms with Gasteiger partial charge in [-0.15, -0.1) is 0 Å². The predicted molar refractivity (Wildman–Crippen MR) is 120 cm³/mol. The number of anilines is 1. The molecule has 0 aliphatic rings. The van der Waals surface area contributed by atoms with Crippen LogP contribution in [0.1, 0.15) is 28.4 Å². The van der Waals surface area contributed by atoms with Gasteiger partial charge in [-0.25, -0.2) is 0 Å². The summed E-state index contributed by atoms with van der Waals surface area (Å²) in [7, 11) is 5.65. The van der Waals surface area contributed by atoms with Crippen LogP contribution in [-0.4, -0.2) is 36.2 Å². The molecule has 0 atom stereocenters. The molecule has 5 nitrogen and oxygen atoms in total. The van der Waals surface area contributed by atoms with Crippen LogP contribution in [0.25, 0.3) is 11.1 Å². The standard InChI is InChI=1S/C20H20N2O.C4H11NO/c1-14-8-10-16(11-9-14)17-6-4-5-7-19(17)21-20(23)18-13-22(3)12-15(18)2;1-4-6-5(2)3/h4-13H,1-3H3,(H,21,23);4H2,1-3H3. The molecule has 0 saturated carbocycles. The van der Waals surface area contributed by atoms with Crippen molar-refractivity contribution in [2.75, 3.05) is 26.0 Å². The highest BCUT2D eigenvalue weighted by atomic mass is 16.7. The Hall–Kier alpha value is -2.89. The molecular weight excluding hydrogens is 362 g/mol.